The van der Waals surface area contributed by atoms with E-state index in [9.17, 15) is 5.11 Å². The molecule has 2 atom stereocenters. The molecule has 1 aliphatic heterocycles. The largest absolute Gasteiger partial charge is 0.478 e. The molecule has 2 aromatic carbocycles. The topological polar surface area (TPSA) is 41.8 Å². The molecule has 1 aliphatic rings. The highest BCUT2D eigenvalue weighted by Crippen LogP contribution is 2.38. The van der Waals surface area contributed by atoms with Crippen LogP contribution in [0, 0.1) is 5.92 Å². The summed E-state index contributed by atoms with van der Waals surface area (Å²) in [5, 5.41) is 10.8. The monoisotopic (exact) mass is 343 g/mol. The third-order valence-corrected chi connectivity index (χ3v) is 4.98. The first kappa shape index (κ1) is 17.0. The van der Waals surface area contributed by atoms with Crippen LogP contribution >= 0.6 is 11.6 Å². The van der Waals surface area contributed by atoms with Crippen molar-refractivity contribution in [2.75, 3.05) is 6.61 Å². The molecule has 3 nitrogen and oxygen atoms in total. The molecule has 126 valence electrons. The molecule has 0 radical (unpaired) electrons. The summed E-state index contributed by atoms with van der Waals surface area (Å²) >= 11 is 6.73. The van der Waals surface area contributed by atoms with Crippen LogP contribution in [0.2, 0.25) is 0 Å². The summed E-state index contributed by atoms with van der Waals surface area (Å²) in [6, 6.07) is 19.0. The summed E-state index contributed by atoms with van der Waals surface area (Å²) in [4.78, 5) is 4.61. The van der Waals surface area contributed by atoms with Gasteiger partial charge in [-0.05, 0) is 17.0 Å². The van der Waals surface area contributed by atoms with Crippen molar-refractivity contribution < 1.29 is 9.84 Å². The summed E-state index contributed by atoms with van der Waals surface area (Å²) in [6.07, 6.45) is 0. The zero-order valence-electron chi connectivity index (χ0n) is 13.9. The maximum absolute atomic E-state index is 11.6. The van der Waals surface area contributed by atoms with Crippen molar-refractivity contribution in [3.05, 3.63) is 71.8 Å². The third kappa shape index (κ3) is 3.06. The number of nitrogens with zero attached hydrogens (tertiary/aromatic N) is 1. The van der Waals surface area contributed by atoms with Crippen molar-refractivity contribution in [3.63, 3.8) is 0 Å². The van der Waals surface area contributed by atoms with Gasteiger partial charge in [-0.1, -0.05) is 74.5 Å². The number of aliphatic imine (C=N–C) groups is 1. The number of hydrogen-bond donors (Lipinski definition) is 1. The Kier molecular flexibility index (Phi) is 4.93. The van der Waals surface area contributed by atoms with Crippen molar-refractivity contribution in [3.8, 4) is 0 Å². The van der Waals surface area contributed by atoms with Crippen LogP contribution < -0.4 is 0 Å². The summed E-state index contributed by atoms with van der Waals surface area (Å²) < 4.78 is 5.74. The normalized spacial score (nSPS) is 19.0. The fourth-order valence-corrected chi connectivity index (χ4v) is 3.28. The second-order valence-electron chi connectivity index (χ2n) is 6.45. The van der Waals surface area contributed by atoms with Gasteiger partial charge in [-0.15, -0.1) is 11.6 Å². The molecule has 1 heterocycles. The minimum atomic E-state index is -1.41. The predicted molar refractivity (Wildman–Crippen MR) is 97.5 cm³/mol. The standard InChI is InChI=1S/C20H22ClNO2/c1-14(2)17-13-24-19(22-17)18(21)20(23,15-9-5-3-6-10-15)16-11-7-4-8-12-16/h3-12,14,17-18,23H,13H2,1-2H3/t17-,18-/m1/s1. The van der Waals surface area contributed by atoms with Crippen molar-refractivity contribution in [1.82, 2.24) is 0 Å². The zero-order chi connectivity index (χ0) is 17.2. The lowest BCUT2D eigenvalue weighted by atomic mass is 9.83. The molecule has 0 saturated carbocycles. The molecule has 24 heavy (non-hydrogen) atoms. The van der Waals surface area contributed by atoms with Crippen molar-refractivity contribution >= 4 is 17.5 Å². The van der Waals surface area contributed by atoms with Crippen LogP contribution in [0.4, 0.5) is 0 Å². The number of alkyl halides is 1. The van der Waals surface area contributed by atoms with Gasteiger partial charge in [0.15, 0.2) is 0 Å². The Morgan fingerprint density at radius 3 is 1.96 bits per heavy atom. The molecule has 0 saturated heterocycles. The lowest BCUT2D eigenvalue weighted by Crippen LogP contribution is -2.42. The van der Waals surface area contributed by atoms with Gasteiger partial charge in [0.25, 0.3) is 0 Å². The lowest BCUT2D eigenvalue weighted by Gasteiger charge is -2.33. The number of benzene rings is 2. The number of rotatable bonds is 5. The van der Waals surface area contributed by atoms with E-state index in [1.54, 1.807) is 0 Å². The average Bonchev–Trinajstić information content (AvgIpc) is 3.12. The van der Waals surface area contributed by atoms with Gasteiger partial charge in [0.1, 0.15) is 17.6 Å². The number of aliphatic hydroxyl groups is 1. The number of halogens is 1. The second kappa shape index (κ2) is 6.96. The Hall–Kier alpha value is -1.84. The molecule has 0 aliphatic carbocycles. The summed E-state index contributed by atoms with van der Waals surface area (Å²) in [5.74, 6) is 0.776. The van der Waals surface area contributed by atoms with E-state index in [4.69, 9.17) is 16.3 Å². The van der Waals surface area contributed by atoms with Gasteiger partial charge >= 0.3 is 0 Å². The van der Waals surface area contributed by atoms with Crippen LogP contribution in [0.5, 0.6) is 0 Å². The minimum absolute atomic E-state index is 0.0806. The van der Waals surface area contributed by atoms with Crippen LogP contribution in [-0.4, -0.2) is 29.0 Å². The summed E-state index contributed by atoms with van der Waals surface area (Å²) in [5.41, 5.74) is 0.0281. The van der Waals surface area contributed by atoms with Crippen LogP contribution in [0.25, 0.3) is 0 Å². The fourth-order valence-electron chi connectivity index (χ4n) is 2.91. The van der Waals surface area contributed by atoms with E-state index in [-0.39, 0.29) is 6.04 Å². The van der Waals surface area contributed by atoms with E-state index >= 15 is 0 Å². The van der Waals surface area contributed by atoms with E-state index in [2.05, 4.69) is 18.8 Å². The predicted octanol–water partition coefficient (Wildman–Crippen LogP) is 3.98. The summed E-state index contributed by atoms with van der Waals surface area (Å²) in [7, 11) is 0. The van der Waals surface area contributed by atoms with Gasteiger partial charge in [-0.3, -0.25) is 0 Å². The fraction of sp³-hybridized carbons (Fsp3) is 0.350. The highest BCUT2D eigenvalue weighted by atomic mass is 35.5. The van der Waals surface area contributed by atoms with E-state index in [1.807, 2.05) is 60.7 Å². The maximum atomic E-state index is 11.6. The maximum Gasteiger partial charge on any atom is 0.206 e. The van der Waals surface area contributed by atoms with E-state index in [0.717, 1.165) is 11.1 Å². The first-order valence-corrected chi connectivity index (χ1v) is 8.65. The van der Waals surface area contributed by atoms with E-state index < -0.39 is 11.0 Å². The minimum Gasteiger partial charge on any atom is -0.478 e. The molecule has 4 heteroatoms. The zero-order valence-corrected chi connectivity index (χ0v) is 14.6. The van der Waals surface area contributed by atoms with Crippen molar-refractivity contribution in [2.45, 2.75) is 30.9 Å². The summed E-state index contributed by atoms with van der Waals surface area (Å²) in [6.45, 7) is 4.71. The van der Waals surface area contributed by atoms with Gasteiger partial charge in [0.05, 0.1) is 6.04 Å². The molecule has 2 aromatic rings. The highest BCUT2D eigenvalue weighted by Gasteiger charge is 2.44. The van der Waals surface area contributed by atoms with Crippen LogP contribution in [0.3, 0.4) is 0 Å². The average molecular weight is 344 g/mol. The van der Waals surface area contributed by atoms with Gasteiger partial charge in [-0.2, -0.15) is 0 Å². The third-order valence-electron chi connectivity index (χ3n) is 4.48. The molecular formula is C20H22ClNO2. The first-order valence-electron chi connectivity index (χ1n) is 8.21. The Labute approximate surface area is 148 Å². The van der Waals surface area contributed by atoms with Crippen LogP contribution in [-0.2, 0) is 10.3 Å². The highest BCUT2D eigenvalue weighted by molar-refractivity contribution is 6.32. The SMILES string of the molecule is CC(C)[C@H]1COC([C@@H](Cl)C(O)(c2ccccc2)c2ccccc2)=N1. The lowest BCUT2D eigenvalue weighted by molar-refractivity contribution is 0.0861. The molecule has 0 fully saturated rings. The van der Waals surface area contributed by atoms with Gasteiger partial charge < -0.3 is 9.84 Å². The molecule has 3 rings (SSSR count). The molecular weight excluding hydrogens is 322 g/mol. The number of ether oxygens (including phenoxy) is 1. The van der Waals surface area contributed by atoms with E-state index in [1.165, 1.54) is 0 Å². The quantitative estimate of drug-likeness (QED) is 0.834. The van der Waals surface area contributed by atoms with Crippen LogP contribution in [0.1, 0.15) is 25.0 Å². The smallest absolute Gasteiger partial charge is 0.206 e. The van der Waals surface area contributed by atoms with Gasteiger partial charge in [0.2, 0.25) is 5.90 Å². The molecule has 0 spiro atoms. The van der Waals surface area contributed by atoms with Crippen molar-refractivity contribution in [2.24, 2.45) is 10.9 Å². The molecule has 0 aromatic heterocycles. The molecule has 1 N–H and O–H groups in total. The van der Waals surface area contributed by atoms with E-state index in [0.29, 0.717) is 18.4 Å². The second-order valence-corrected chi connectivity index (χ2v) is 6.89. The number of hydrogen-bond acceptors (Lipinski definition) is 3. The molecule has 0 amide bonds. The Balaban J connectivity index is 2.05. The van der Waals surface area contributed by atoms with Crippen molar-refractivity contribution in [1.29, 1.82) is 0 Å². The Morgan fingerprint density at radius 2 is 1.54 bits per heavy atom. The van der Waals surface area contributed by atoms with Gasteiger partial charge in [-0.25, -0.2) is 4.99 Å². The molecule has 0 unspecified atom stereocenters. The molecule has 0 bridgehead atoms. The first-order chi connectivity index (χ1) is 11.5. The van der Waals surface area contributed by atoms with Crippen LogP contribution in [0.15, 0.2) is 65.7 Å². The Bertz CT molecular complexity index is 661. The van der Waals surface area contributed by atoms with Gasteiger partial charge in [0, 0.05) is 0 Å². The Morgan fingerprint density at radius 1 is 1.04 bits per heavy atom.